The molecule has 1 heterocycles. The van der Waals surface area contributed by atoms with Crippen LogP contribution in [0.1, 0.15) is 52.4 Å². The largest absolute Gasteiger partial charge is 0.464 e. The van der Waals surface area contributed by atoms with Crippen LogP contribution in [0.25, 0.3) is 0 Å². The maximum absolute atomic E-state index is 5.77. The van der Waals surface area contributed by atoms with Gasteiger partial charge in [0, 0.05) is 6.54 Å². The Hall–Kier alpha value is -1.59. The van der Waals surface area contributed by atoms with Crippen molar-refractivity contribution >= 4 is 5.95 Å². The average Bonchev–Trinajstić information content (AvgIpc) is 2.52. The third-order valence-corrected chi connectivity index (χ3v) is 3.57. The quantitative estimate of drug-likeness (QED) is 0.794. The van der Waals surface area contributed by atoms with Crippen LogP contribution in [0.2, 0.25) is 0 Å². The van der Waals surface area contributed by atoms with Gasteiger partial charge in [-0.2, -0.15) is 9.97 Å². The fourth-order valence-electron chi connectivity index (χ4n) is 2.46. The summed E-state index contributed by atoms with van der Waals surface area (Å²) in [4.78, 5) is 12.7. The highest BCUT2D eigenvalue weighted by atomic mass is 16.5. The summed E-state index contributed by atoms with van der Waals surface area (Å²) in [6.07, 6.45) is 7.45. The topological polar surface area (TPSA) is 69.2 Å². The molecule has 2 rings (SSSR count). The molecule has 0 amide bonds. The Balaban J connectivity index is 1.96. The molecule has 0 aromatic carbocycles. The van der Waals surface area contributed by atoms with Crippen molar-refractivity contribution in [3.8, 4) is 12.0 Å². The van der Waals surface area contributed by atoms with E-state index in [4.69, 9.17) is 9.47 Å². The van der Waals surface area contributed by atoms with Gasteiger partial charge >= 0.3 is 12.0 Å². The molecule has 1 N–H and O–H groups in total. The predicted octanol–water partition coefficient (Wildman–Crippen LogP) is 3.05. The van der Waals surface area contributed by atoms with Gasteiger partial charge in [-0.15, -0.1) is 4.98 Å². The van der Waals surface area contributed by atoms with Gasteiger partial charge in [0.15, 0.2) is 0 Å². The molecular weight excluding hydrogens is 268 g/mol. The van der Waals surface area contributed by atoms with Crippen molar-refractivity contribution in [1.82, 2.24) is 15.0 Å². The number of rotatable bonds is 8. The van der Waals surface area contributed by atoms with Gasteiger partial charge in [-0.1, -0.05) is 26.2 Å². The number of ether oxygens (including phenoxy) is 2. The summed E-state index contributed by atoms with van der Waals surface area (Å²) < 4.78 is 11.1. The minimum absolute atomic E-state index is 0.324. The van der Waals surface area contributed by atoms with Gasteiger partial charge in [-0.3, -0.25) is 0 Å². The Labute approximate surface area is 126 Å². The van der Waals surface area contributed by atoms with E-state index < -0.39 is 0 Å². The first-order chi connectivity index (χ1) is 10.3. The summed E-state index contributed by atoms with van der Waals surface area (Å²) in [6, 6.07) is 0.683. The van der Waals surface area contributed by atoms with Crippen LogP contribution in [0.4, 0.5) is 5.95 Å². The second-order valence-electron chi connectivity index (χ2n) is 5.40. The normalized spacial score (nSPS) is 15.7. The number of nitrogens with zero attached hydrogens (tertiary/aromatic N) is 3. The second-order valence-corrected chi connectivity index (χ2v) is 5.40. The van der Waals surface area contributed by atoms with Crippen LogP contribution in [-0.4, -0.2) is 34.7 Å². The lowest BCUT2D eigenvalue weighted by Gasteiger charge is -2.21. The zero-order valence-corrected chi connectivity index (χ0v) is 13.1. The zero-order valence-electron chi connectivity index (χ0n) is 13.1. The van der Waals surface area contributed by atoms with Gasteiger partial charge in [-0.05, 0) is 32.1 Å². The van der Waals surface area contributed by atoms with E-state index >= 15 is 0 Å². The maximum Gasteiger partial charge on any atom is 0.324 e. The van der Waals surface area contributed by atoms with Crippen LogP contribution in [0.3, 0.4) is 0 Å². The number of hydrogen-bond acceptors (Lipinski definition) is 6. The highest BCUT2D eigenvalue weighted by molar-refractivity contribution is 5.27. The monoisotopic (exact) mass is 294 g/mol. The van der Waals surface area contributed by atoms with E-state index in [1.165, 1.54) is 32.1 Å². The molecule has 0 saturated heterocycles. The Kier molecular flexibility index (Phi) is 6.50. The molecule has 6 heteroatoms. The third-order valence-electron chi connectivity index (χ3n) is 3.57. The summed E-state index contributed by atoms with van der Waals surface area (Å²) in [5.41, 5.74) is 0. The molecule has 0 radical (unpaired) electrons. The van der Waals surface area contributed by atoms with Crippen molar-refractivity contribution in [2.75, 3.05) is 25.1 Å². The maximum atomic E-state index is 5.77. The van der Waals surface area contributed by atoms with Gasteiger partial charge in [-0.25, -0.2) is 0 Å². The first-order valence-electron chi connectivity index (χ1n) is 8.07. The van der Waals surface area contributed by atoms with Crippen molar-refractivity contribution in [3.63, 3.8) is 0 Å². The van der Waals surface area contributed by atoms with Crippen molar-refractivity contribution in [2.24, 2.45) is 5.92 Å². The minimum Gasteiger partial charge on any atom is -0.464 e. The van der Waals surface area contributed by atoms with E-state index in [9.17, 15) is 0 Å². The molecule has 1 fully saturated rings. The molecule has 0 unspecified atom stereocenters. The highest BCUT2D eigenvalue weighted by Gasteiger charge is 2.15. The van der Waals surface area contributed by atoms with E-state index in [1.54, 1.807) is 0 Å². The standard InChI is InChI=1S/C15H26N4O2/c1-3-10-16-13-17-14(20-4-2)19-15(18-13)21-11-12-8-6-5-7-9-12/h12H,3-11H2,1-2H3,(H,16,17,18,19). The van der Waals surface area contributed by atoms with Crippen molar-refractivity contribution < 1.29 is 9.47 Å². The van der Waals surface area contributed by atoms with Gasteiger partial charge < -0.3 is 14.8 Å². The molecular formula is C15H26N4O2. The van der Waals surface area contributed by atoms with Gasteiger partial charge in [0.2, 0.25) is 5.95 Å². The summed E-state index contributed by atoms with van der Waals surface area (Å²) >= 11 is 0. The second kappa shape index (κ2) is 8.64. The molecule has 1 aromatic heterocycles. The van der Waals surface area contributed by atoms with Crippen LogP contribution >= 0.6 is 0 Å². The fraction of sp³-hybridized carbons (Fsp3) is 0.800. The summed E-state index contributed by atoms with van der Waals surface area (Å²) in [7, 11) is 0. The average molecular weight is 294 g/mol. The first kappa shape index (κ1) is 15.8. The lowest BCUT2D eigenvalue weighted by Crippen LogP contribution is -2.17. The van der Waals surface area contributed by atoms with E-state index in [2.05, 4.69) is 27.2 Å². The third kappa shape index (κ3) is 5.36. The lowest BCUT2D eigenvalue weighted by atomic mass is 9.90. The Morgan fingerprint density at radius 2 is 1.71 bits per heavy atom. The number of hydrogen-bond donors (Lipinski definition) is 1. The summed E-state index contributed by atoms with van der Waals surface area (Å²) in [5, 5.41) is 3.15. The Morgan fingerprint density at radius 3 is 2.38 bits per heavy atom. The van der Waals surface area contributed by atoms with E-state index in [1.807, 2.05) is 6.92 Å². The molecule has 1 aromatic rings. The Bertz CT molecular complexity index is 422. The Morgan fingerprint density at radius 1 is 1.00 bits per heavy atom. The molecule has 0 bridgehead atoms. The van der Waals surface area contributed by atoms with E-state index in [-0.39, 0.29) is 0 Å². The molecule has 1 saturated carbocycles. The summed E-state index contributed by atoms with van der Waals surface area (Å²) in [6.45, 7) is 6.03. The molecule has 0 spiro atoms. The van der Waals surface area contributed by atoms with Crippen LogP contribution in [-0.2, 0) is 0 Å². The SMILES string of the molecule is CCCNc1nc(OCC)nc(OCC2CCCCC2)n1. The van der Waals surface area contributed by atoms with Crippen molar-refractivity contribution in [1.29, 1.82) is 0 Å². The molecule has 6 nitrogen and oxygen atoms in total. The first-order valence-corrected chi connectivity index (χ1v) is 8.07. The van der Waals surface area contributed by atoms with E-state index in [0.29, 0.717) is 37.1 Å². The van der Waals surface area contributed by atoms with Crippen LogP contribution in [0, 0.1) is 5.92 Å². The number of aromatic nitrogens is 3. The fourth-order valence-corrected chi connectivity index (χ4v) is 2.46. The molecule has 118 valence electrons. The molecule has 21 heavy (non-hydrogen) atoms. The lowest BCUT2D eigenvalue weighted by molar-refractivity contribution is 0.192. The van der Waals surface area contributed by atoms with E-state index in [0.717, 1.165) is 13.0 Å². The molecule has 1 aliphatic rings. The highest BCUT2D eigenvalue weighted by Crippen LogP contribution is 2.24. The molecule has 1 aliphatic carbocycles. The minimum atomic E-state index is 0.324. The molecule has 0 atom stereocenters. The van der Waals surface area contributed by atoms with Crippen molar-refractivity contribution in [2.45, 2.75) is 52.4 Å². The van der Waals surface area contributed by atoms with Gasteiger partial charge in [0.05, 0.1) is 13.2 Å². The predicted molar refractivity (Wildman–Crippen MR) is 81.8 cm³/mol. The van der Waals surface area contributed by atoms with Crippen molar-refractivity contribution in [3.05, 3.63) is 0 Å². The number of anilines is 1. The number of nitrogens with one attached hydrogen (secondary N) is 1. The van der Waals surface area contributed by atoms with Crippen LogP contribution in [0.5, 0.6) is 12.0 Å². The van der Waals surface area contributed by atoms with Crippen LogP contribution in [0.15, 0.2) is 0 Å². The van der Waals surface area contributed by atoms with Crippen LogP contribution < -0.4 is 14.8 Å². The van der Waals surface area contributed by atoms with Gasteiger partial charge in [0.25, 0.3) is 0 Å². The molecule has 0 aliphatic heterocycles. The summed E-state index contributed by atoms with van der Waals surface area (Å²) in [5.74, 6) is 1.15. The zero-order chi connectivity index (χ0) is 14.9. The van der Waals surface area contributed by atoms with Gasteiger partial charge in [0.1, 0.15) is 0 Å². The smallest absolute Gasteiger partial charge is 0.324 e.